The Bertz CT molecular complexity index is 641. The molecule has 0 amide bonds. The molecule has 0 bridgehead atoms. The molecule has 0 radical (unpaired) electrons. The summed E-state index contributed by atoms with van der Waals surface area (Å²) in [5, 5.41) is 5.55. The van der Waals surface area contributed by atoms with Gasteiger partial charge in [0.15, 0.2) is 0 Å². The zero-order valence-electron chi connectivity index (χ0n) is 12.1. The lowest BCUT2D eigenvalue weighted by Gasteiger charge is -2.18. The average Bonchev–Trinajstić information content (AvgIpc) is 2.90. The number of pyridine rings is 1. The predicted octanol–water partition coefficient (Wildman–Crippen LogP) is 4.67. The number of hydrogen-bond acceptors (Lipinski definition) is 4. The lowest BCUT2D eigenvalue weighted by molar-refractivity contribution is 0.758. The number of rotatable bonds is 4. The summed E-state index contributed by atoms with van der Waals surface area (Å²) in [6.07, 6.45) is 5.49. The number of fused-ring (bicyclic) bond motifs is 1. The first-order valence-electron chi connectivity index (χ1n) is 7.39. The topological polar surface area (TPSA) is 50.9 Å². The maximum atomic E-state index is 6.16. The van der Waals surface area contributed by atoms with Crippen molar-refractivity contribution in [3.8, 4) is 0 Å². The summed E-state index contributed by atoms with van der Waals surface area (Å²) in [6.45, 7) is 2.23. The molecule has 1 saturated carbocycles. The van der Waals surface area contributed by atoms with Gasteiger partial charge in [-0.3, -0.25) is 4.98 Å². The molecule has 0 spiro atoms. The van der Waals surface area contributed by atoms with Crippen LogP contribution in [0.3, 0.4) is 0 Å². The molecule has 21 heavy (non-hydrogen) atoms. The van der Waals surface area contributed by atoms with Gasteiger partial charge in [-0.2, -0.15) is 11.8 Å². The van der Waals surface area contributed by atoms with Crippen LogP contribution in [0.5, 0.6) is 0 Å². The molecule has 1 aromatic carbocycles. The van der Waals surface area contributed by atoms with Crippen molar-refractivity contribution in [2.24, 2.45) is 0 Å². The predicted molar refractivity (Wildman–Crippen MR) is 97.0 cm³/mol. The normalized spacial score (nSPS) is 21.8. The van der Waals surface area contributed by atoms with Crippen LogP contribution in [0.15, 0.2) is 28.9 Å². The van der Waals surface area contributed by atoms with E-state index < -0.39 is 0 Å². The van der Waals surface area contributed by atoms with Crippen molar-refractivity contribution in [3.63, 3.8) is 0 Å². The lowest BCUT2D eigenvalue weighted by atomic mass is 10.1. The number of halogens is 1. The summed E-state index contributed by atoms with van der Waals surface area (Å²) in [5.74, 6) is 1.20. The van der Waals surface area contributed by atoms with Gasteiger partial charge in [-0.25, -0.2) is 0 Å². The van der Waals surface area contributed by atoms with Gasteiger partial charge < -0.3 is 11.1 Å². The highest BCUT2D eigenvalue weighted by atomic mass is 79.9. The van der Waals surface area contributed by atoms with Gasteiger partial charge in [-0.15, -0.1) is 0 Å². The maximum Gasteiger partial charge on any atom is 0.0743 e. The monoisotopic (exact) mass is 365 g/mol. The van der Waals surface area contributed by atoms with Crippen molar-refractivity contribution in [1.82, 2.24) is 4.98 Å². The van der Waals surface area contributed by atoms with Crippen molar-refractivity contribution in [2.45, 2.75) is 37.5 Å². The quantitative estimate of drug-likeness (QED) is 0.826. The van der Waals surface area contributed by atoms with Crippen molar-refractivity contribution in [1.29, 1.82) is 0 Å². The first-order valence-corrected chi connectivity index (χ1v) is 9.23. The van der Waals surface area contributed by atoms with Crippen molar-refractivity contribution in [3.05, 3.63) is 28.9 Å². The van der Waals surface area contributed by atoms with Gasteiger partial charge in [-0.1, -0.05) is 22.9 Å². The number of aromatic nitrogens is 1. The molecule has 1 heterocycles. The Morgan fingerprint density at radius 3 is 3.10 bits per heavy atom. The van der Waals surface area contributed by atoms with Crippen LogP contribution < -0.4 is 11.1 Å². The van der Waals surface area contributed by atoms with E-state index in [2.05, 4.69) is 51.0 Å². The molecule has 2 atom stereocenters. The Kier molecular flexibility index (Phi) is 4.60. The second-order valence-electron chi connectivity index (χ2n) is 5.48. The minimum Gasteiger partial charge on any atom is -0.396 e. The zero-order valence-corrected chi connectivity index (χ0v) is 14.5. The summed E-state index contributed by atoms with van der Waals surface area (Å²) < 4.78 is 1.05. The minimum atomic E-state index is 0.515. The molecule has 1 fully saturated rings. The van der Waals surface area contributed by atoms with Gasteiger partial charge in [0.2, 0.25) is 0 Å². The van der Waals surface area contributed by atoms with E-state index in [1.807, 2.05) is 12.1 Å². The van der Waals surface area contributed by atoms with E-state index in [1.54, 1.807) is 6.20 Å². The summed E-state index contributed by atoms with van der Waals surface area (Å²) in [6, 6.07) is 6.64. The molecule has 0 aliphatic heterocycles. The summed E-state index contributed by atoms with van der Waals surface area (Å²) in [7, 11) is 0. The third kappa shape index (κ3) is 3.29. The SMILES string of the molecule is CCSC1CCC(Nc2c(N)cnc3ccc(Br)cc23)C1. The van der Waals surface area contributed by atoms with Crippen molar-refractivity contribution in [2.75, 3.05) is 16.8 Å². The molecule has 0 saturated heterocycles. The fourth-order valence-electron chi connectivity index (χ4n) is 3.00. The van der Waals surface area contributed by atoms with Crippen LogP contribution in [0, 0.1) is 0 Å². The number of hydrogen-bond donors (Lipinski definition) is 2. The lowest BCUT2D eigenvalue weighted by Crippen LogP contribution is -2.17. The zero-order chi connectivity index (χ0) is 14.8. The summed E-state index contributed by atoms with van der Waals surface area (Å²) in [4.78, 5) is 4.41. The third-order valence-corrected chi connectivity index (χ3v) is 5.72. The van der Waals surface area contributed by atoms with Gasteiger partial charge in [0.1, 0.15) is 0 Å². The maximum absolute atomic E-state index is 6.16. The van der Waals surface area contributed by atoms with Gasteiger partial charge in [0.05, 0.1) is 23.1 Å². The second kappa shape index (κ2) is 6.44. The number of anilines is 2. The van der Waals surface area contributed by atoms with E-state index >= 15 is 0 Å². The van der Waals surface area contributed by atoms with Crippen LogP contribution >= 0.6 is 27.7 Å². The van der Waals surface area contributed by atoms with Crippen LogP contribution in [0.2, 0.25) is 0 Å². The number of nitrogen functional groups attached to an aromatic ring is 1. The van der Waals surface area contributed by atoms with Crippen LogP contribution in [0.4, 0.5) is 11.4 Å². The Labute approximate surface area is 138 Å². The Hall–Kier alpha value is -0.940. The number of nitrogens with zero attached hydrogens (tertiary/aromatic N) is 1. The average molecular weight is 366 g/mol. The number of nitrogens with one attached hydrogen (secondary N) is 1. The molecule has 5 heteroatoms. The number of thioether (sulfide) groups is 1. The molecular formula is C16H20BrN3S. The summed E-state index contributed by atoms with van der Waals surface area (Å²) >= 11 is 5.61. The van der Waals surface area contributed by atoms with Crippen LogP contribution in [0.1, 0.15) is 26.2 Å². The van der Waals surface area contributed by atoms with E-state index in [0.717, 1.165) is 32.0 Å². The van der Waals surface area contributed by atoms with E-state index in [1.165, 1.54) is 25.0 Å². The first kappa shape index (κ1) is 15.0. The second-order valence-corrected chi connectivity index (χ2v) is 7.97. The molecule has 1 aromatic heterocycles. The number of benzene rings is 1. The Morgan fingerprint density at radius 1 is 1.43 bits per heavy atom. The third-order valence-electron chi connectivity index (χ3n) is 3.99. The Morgan fingerprint density at radius 2 is 2.29 bits per heavy atom. The smallest absolute Gasteiger partial charge is 0.0743 e. The van der Waals surface area contributed by atoms with Gasteiger partial charge in [-0.05, 0) is 43.2 Å². The van der Waals surface area contributed by atoms with Crippen molar-refractivity contribution < 1.29 is 0 Å². The molecule has 2 aromatic rings. The van der Waals surface area contributed by atoms with Crippen LogP contribution in [-0.2, 0) is 0 Å². The summed E-state index contributed by atoms with van der Waals surface area (Å²) in [5.41, 5.74) is 8.91. The molecule has 3 rings (SSSR count). The fourth-order valence-corrected chi connectivity index (χ4v) is 4.51. The van der Waals surface area contributed by atoms with Crippen molar-refractivity contribution >= 4 is 50.0 Å². The first-order chi connectivity index (χ1) is 10.2. The highest BCUT2D eigenvalue weighted by Gasteiger charge is 2.25. The molecular weight excluding hydrogens is 346 g/mol. The van der Waals surface area contributed by atoms with Crippen LogP contribution in [-0.4, -0.2) is 22.0 Å². The van der Waals surface area contributed by atoms with E-state index in [-0.39, 0.29) is 0 Å². The molecule has 1 aliphatic rings. The number of nitrogens with two attached hydrogens (primary N) is 1. The highest BCUT2D eigenvalue weighted by molar-refractivity contribution is 9.10. The molecule has 1 aliphatic carbocycles. The minimum absolute atomic E-state index is 0.515. The Balaban J connectivity index is 1.86. The van der Waals surface area contributed by atoms with E-state index in [4.69, 9.17) is 5.73 Å². The molecule has 3 nitrogen and oxygen atoms in total. The van der Waals surface area contributed by atoms with Gasteiger partial charge in [0, 0.05) is 21.2 Å². The standard InChI is InChI=1S/C16H20BrN3S/c1-2-21-12-5-4-11(8-12)20-16-13-7-10(17)3-6-15(13)19-9-14(16)18/h3,6-7,9,11-12H,2,4-5,8,18H2,1H3,(H,19,20). The molecule has 2 unspecified atom stereocenters. The molecule has 3 N–H and O–H groups in total. The molecule has 112 valence electrons. The van der Waals surface area contributed by atoms with Gasteiger partial charge >= 0.3 is 0 Å². The van der Waals surface area contributed by atoms with E-state index in [9.17, 15) is 0 Å². The largest absolute Gasteiger partial charge is 0.396 e. The fraction of sp³-hybridized carbons (Fsp3) is 0.438. The van der Waals surface area contributed by atoms with Crippen LogP contribution in [0.25, 0.3) is 10.9 Å². The highest BCUT2D eigenvalue weighted by Crippen LogP contribution is 2.35. The van der Waals surface area contributed by atoms with Gasteiger partial charge in [0.25, 0.3) is 0 Å². The van der Waals surface area contributed by atoms with E-state index in [0.29, 0.717) is 6.04 Å².